The fourth-order valence-electron chi connectivity index (χ4n) is 3.06. The van der Waals surface area contributed by atoms with Gasteiger partial charge in [-0.05, 0) is 41.7 Å². The summed E-state index contributed by atoms with van der Waals surface area (Å²) >= 11 is 0. The number of phenols is 2. The van der Waals surface area contributed by atoms with Gasteiger partial charge < -0.3 is 20.4 Å². The summed E-state index contributed by atoms with van der Waals surface area (Å²) in [6.45, 7) is 2.77. The zero-order valence-corrected chi connectivity index (χ0v) is 17.6. The minimum Gasteiger partial charge on any atom is -0.504 e. The average molecular weight is 437 g/mol. The number of carboxylic acids is 2. The molecule has 0 saturated heterocycles. The first kappa shape index (κ1) is 24.4. The number of phenolic OH excluding ortho intramolecular Hbond substituents is 2. The van der Waals surface area contributed by atoms with Crippen LogP contribution in [0, 0.1) is 0 Å². The molecule has 7 nitrogen and oxygen atoms in total. The van der Waals surface area contributed by atoms with Gasteiger partial charge in [-0.25, -0.2) is 9.59 Å². The Balaban J connectivity index is 0.000000534. The second-order valence-electron chi connectivity index (χ2n) is 7.18. The van der Waals surface area contributed by atoms with E-state index in [0.29, 0.717) is 0 Å². The second kappa shape index (κ2) is 12.8. The molecule has 0 spiro atoms. The minimum absolute atomic E-state index is 0.0543. The topological polar surface area (TPSA) is 118 Å². The van der Waals surface area contributed by atoms with Gasteiger partial charge >= 0.3 is 11.9 Å². The van der Waals surface area contributed by atoms with Crippen molar-refractivity contribution in [3.63, 3.8) is 0 Å². The Morgan fingerprint density at radius 3 is 1.62 bits per heavy atom. The highest BCUT2D eigenvalue weighted by molar-refractivity contribution is 6.27. The van der Waals surface area contributed by atoms with E-state index in [1.165, 1.54) is 11.1 Å². The molecule has 0 fully saturated rings. The summed E-state index contributed by atoms with van der Waals surface area (Å²) in [6.07, 6.45) is 1.84. The molecule has 0 aliphatic rings. The lowest BCUT2D eigenvalue weighted by molar-refractivity contribution is -0.159. The summed E-state index contributed by atoms with van der Waals surface area (Å²) in [4.78, 5) is 20.6. The molecular formula is C25H27NO6. The van der Waals surface area contributed by atoms with E-state index in [9.17, 15) is 10.2 Å². The Morgan fingerprint density at radius 1 is 0.625 bits per heavy atom. The van der Waals surface area contributed by atoms with Crippen LogP contribution >= 0.6 is 0 Å². The van der Waals surface area contributed by atoms with E-state index >= 15 is 0 Å². The first-order valence-corrected chi connectivity index (χ1v) is 10.1. The van der Waals surface area contributed by atoms with E-state index in [-0.39, 0.29) is 11.5 Å². The van der Waals surface area contributed by atoms with Crippen LogP contribution in [0.3, 0.4) is 0 Å². The Kier molecular flexibility index (Phi) is 9.74. The molecule has 0 bridgehead atoms. The number of rotatable bonds is 8. The van der Waals surface area contributed by atoms with Gasteiger partial charge in [0.1, 0.15) is 0 Å². The number of carboxylic acid groups (broad SMARTS) is 2. The van der Waals surface area contributed by atoms with Crippen LogP contribution in [-0.4, -0.2) is 50.4 Å². The van der Waals surface area contributed by atoms with Crippen LogP contribution < -0.4 is 0 Å². The number of carbonyl (C=O) groups is 2. The van der Waals surface area contributed by atoms with E-state index in [1.54, 1.807) is 12.1 Å². The molecule has 0 aliphatic carbocycles. The number of hydrogen-bond donors (Lipinski definition) is 4. The molecule has 0 unspecified atom stereocenters. The van der Waals surface area contributed by atoms with Crippen molar-refractivity contribution in [1.82, 2.24) is 4.90 Å². The van der Waals surface area contributed by atoms with Gasteiger partial charge in [0.2, 0.25) is 0 Å². The van der Waals surface area contributed by atoms with Gasteiger partial charge in [0.15, 0.2) is 11.5 Å². The molecule has 4 N–H and O–H groups in total. The van der Waals surface area contributed by atoms with Crippen molar-refractivity contribution >= 4 is 11.9 Å². The fraction of sp³-hybridized carbons (Fsp3) is 0.200. The monoisotopic (exact) mass is 437 g/mol. The molecule has 168 valence electrons. The molecule has 32 heavy (non-hydrogen) atoms. The molecule has 0 heterocycles. The molecule has 0 saturated carbocycles. The largest absolute Gasteiger partial charge is 0.504 e. The highest BCUT2D eigenvalue weighted by atomic mass is 16.4. The molecule has 0 radical (unpaired) electrons. The Hall–Kier alpha value is -3.84. The quantitative estimate of drug-likeness (QED) is 0.314. The lowest BCUT2D eigenvalue weighted by atomic mass is 10.1. The zero-order chi connectivity index (χ0) is 23.3. The van der Waals surface area contributed by atoms with Crippen LogP contribution in [0.2, 0.25) is 0 Å². The van der Waals surface area contributed by atoms with Crippen LogP contribution in [0.1, 0.15) is 16.7 Å². The molecule has 3 aromatic carbocycles. The summed E-state index contributed by atoms with van der Waals surface area (Å²) in [5.41, 5.74) is 3.67. The highest BCUT2D eigenvalue weighted by Gasteiger charge is 2.08. The van der Waals surface area contributed by atoms with E-state index < -0.39 is 11.9 Å². The molecule has 3 aromatic rings. The maximum atomic E-state index is 9.69. The van der Waals surface area contributed by atoms with Crippen LogP contribution in [0.25, 0.3) is 0 Å². The van der Waals surface area contributed by atoms with Crippen molar-refractivity contribution < 1.29 is 30.0 Å². The van der Waals surface area contributed by atoms with Gasteiger partial charge in [-0.1, -0.05) is 66.7 Å². The van der Waals surface area contributed by atoms with Crippen LogP contribution in [0.15, 0.2) is 78.9 Å². The number of aromatic hydroxyl groups is 2. The molecule has 0 atom stereocenters. The van der Waals surface area contributed by atoms with Crippen molar-refractivity contribution in [2.75, 3.05) is 13.1 Å². The third kappa shape index (κ3) is 8.89. The smallest absolute Gasteiger partial charge is 0.414 e. The lowest BCUT2D eigenvalue weighted by Crippen LogP contribution is -2.28. The summed E-state index contributed by atoms with van der Waals surface area (Å²) in [6, 6.07) is 26.1. The average Bonchev–Trinajstić information content (AvgIpc) is 2.79. The molecular weight excluding hydrogens is 410 g/mol. The Bertz CT molecular complexity index is 980. The van der Waals surface area contributed by atoms with Crippen molar-refractivity contribution in [3.8, 4) is 11.5 Å². The first-order chi connectivity index (χ1) is 15.3. The van der Waals surface area contributed by atoms with Gasteiger partial charge in [0.25, 0.3) is 0 Å². The zero-order valence-electron chi connectivity index (χ0n) is 17.6. The fourth-order valence-corrected chi connectivity index (χ4v) is 3.06. The van der Waals surface area contributed by atoms with E-state index in [2.05, 4.69) is 53.4 Å². The lowest BCUT2D eigenvalue weighted by Gasteiger charge is -2.23. The standard InChI is InChI=1S/C23H25NO2.C2H2O4/c25-22-12-11-20(17-23(22)26)14-16-24(18-21-9-5-2-6-10-21)15-13-19-7-3-1-4-8-19;3-1(4)2(5)6/h1-12,17,25-26H,13-16,18H2;(H,3,4)(H,5,6). The predicted octanol–water partition coefficient (Wildman–Crippen LogP) is 3.54. The van der Waals surface area contributed by atoms with Crippen LogP contribution in [0.5, 0.6) is 11.5 Å². The Morgan fingerprint density at radius 2 is 1.12 bits per heavy atom. The van der Waals surface area contributed by atoms with E-state index in [1.807, 2.05) is 18.2 Å². The van der Waals surface area contributed by atoms with E-state index in [0.717, 1.165) is 38.0 Å². The highest BCUT2D eigenvalue weighted by Crippen LogP contribution is 2.25. The maximum absolute atomic E-state index is 9.69. The SMILES string of the molecule is O=C(O)C(=O)O.Oc1ccc(CCN(CCc2ccccc2)Cc2ccccc2)cc1O. The van der Waals surface area contributed by atoms with Crippen molar-refractivity contribution in [1.29, 1.82) is 0 Å². The number of nitrogens with zero attached hydrogens (tertiary/aromatic N) is 1. The third-order valence-corrected chi connectivity index (χ3v) is 4.75. The molecule has 3 rings (SSSR count). The van der Waals surface area contributed by atoms with Crippen molar-refractivity contribution in [3.05, 3.63) is 95.6 Å². The van der Waals surface area contributed by atoms with Crippen molar-refractivity contribution in [2.45, 2.75) is 19.4 Å². The molecule has 0 amide bonds. The number of benzene rings is 3. The summed E-state index contributed by atoms with van der Waals surface area (Å²) in [7, 11) is 0. The maximum Gasteiger partial charge on any atom is 0.414 e. The second-order valence-corrected chi connectivity index (χ2v) is 7.18. The third-order valence-electron chi connectivity index (χ3n) is 4.75. The predicted molar refractivity (Wildman–Crippen MR) is 121 cm³/mol. The van der Waals surface area contributed by atoms with E-state index in [4.69, 9.17) is 19.8 Å². The van der Waals surface area contributed by atoms with Gasteiger partial charge in [-0.3, -0.25) is 4.90 Å². The van der Waals surface area contributed by atoms with Gasteiger partial charge in [-0.2, -0.15) is 0 Å². The van der Waals surface area contributed by atoms with Crippen molar-refractivity contribution in [2.24, 2.45) is 0 Å². The molecule has 0 aromatic heterocycles. The number of hydrogen-bond acceptors (Lipinski definition) is 5. The first-order valence-electron chi connectivity index (χ1n) is 10.1. The van der Waals surface area contributed by atoms with Crippen LogP contribution in [-0.2, 0) is 29.0 Å². The molecule has 7 heteroatoms. The van der Waals surface area contributed by atoms with Gasteiger partial charge in [0.05, 0.1) is 0 Å². The molecule has 0 aliphatic heterocycles. The normalized spacial score (nSPS) is 10.3. The summed E-state index contributed by atoms with van der Waals surface area (Å²) in [5, 5.41) is 33.9. The minimum atomic E-state index is -1.82. The summed E-state index contributed by atoms with van der Waals surface area (Å²) < 4.78 is 0. The number of aliphatic carboxylic acids is 2. The van der Waals surface area contributed by atoms with Crippen LogP contribution in [0.4, 0.5) is 0 Å². The Labute approximate surface area is 186 Å². The summed E-state index contributed by atoms with van der Waals surface area (Å²) in [5.74, 6) is -3.77. The van der Waals surface area contributed by atoms with Gasteiger partial charge in [0, 0.05) is 19.6 Å². The van der Waals surface area contributed by atoms with Gasteiger partial charge in [-0.15, -0.1) is 0 Å².